The van der Waals surface area contributed by atoms with Crippen molar-refractivity contribution in [2.75, 3.05) is 7.05 Å². The first-order chi connectivity index (χ1) is 11.0. The van der Waals surface area contributed by atoms with Crippen LogP contribution in [0.3, 0.4) is 0 Å². The highest BCUT2D eigenvalue weighted by Gasteiger charge is 2.26. The van der Waals surface area contributed by atoms with E-state index in [0.717, 1.165) is 12.5 Å². The lowest BCUT2D eigenvalue weighted by molar-refractivity contribution is -0.139. The number of sulfonamides is 2. The number of hydrogen-bond donors (Lipinski definition) is 3. The first kappa shape index (κ1) is 20.6. The number of nitrogens with one attached hydrogen (secondary N) is 2. The summed E-state index contributed by atoms with van der Waals surface area (Å²) in [6, 6.07) is 2.29. The van der Waals surface area contributed by atoms with E-state index in [1.165, 1.54) is 26.1 Å². The summed E-state index contributed by atoms with van der Waals surface area (Å²) >= 11 is 0. The van der Waals surface area contributed by atoms with Crippen LogP contribution in [0.5, 0.6) is 0 Å². The summed E-state index contributed by atoms with van der Waals surface area (Å²) in [5.41, 5.74) is 0.243. The monoisotopic (exact) mass is 378 g/mol. The fraction of sp³-hybridized carbons (Fsp3) is 0.500. The fourth-order valence-electron chi connectivity index (χ4n) is 2.10. The number of aryl methyl sites for hydroxylation is 1. The van der Waals surface area contributed by atoms with Crippen molar-refractivity contribution in [2.24, 2.45) is 0 Å². The van der Waals surface area contributed by atoms with Crippen LogP contribution in [0.1, 0.15) is 31.7 Å². The Morgan fingerprint density at radius 2 is 1.83 bits per heavy atom. The number of benzene rings is 1. The zero-order chi connectivity index (χ0) is 18.5. The maximum atomic E-state index is 12.4. The third kappa shape index (κ3) is 5.00. The van der Waals surface area contributed by atoms with Gasteiger partial charge in [0.05, 0.1) is 9.79 Å². The van der Waals surface area contributed by atoms with Gasteiger partial charge in [0.25, 0.3) is 0 Å². The van der Waals surface area contributed by atoms with Gasteiger partial charge in [-0.2, -0.15) is 4.72 Å². The molecule has 0 saturated heterocycles. The van der Waals surface area contributed by atoms with Gasteiger partial charge in [0, 0.05) is 0 Å². The molecular formula is C14H22N2O6S2. The molecule has 0 radical (unpaired) electrons. The Labute approximate surface area is 142 Å². The maximum absolute atomic E-state index is 12.4. The highest BCUT2D eigenvalue weighted by molar-refractivity contribution is 7.90. The number of rotatable bonds is 9. The molecule has 3 N–H and O–H groups in total. The third-order valence-electron chi connectivity index (χ3n) is 3.46. The second-order valence-electron chi connectivity index (χ2n) is 5.29. The molecule has 0 aliphatic carbocycles. The zero-order valence-electron chi connectivity index (χ0n) is 13.7. The van der Waals surface area contributed by atoms with E-state index in [0.29, 0.717) is 6.42 Å². The minimum atomic E-state index is -4.07. The van der Waals surface area contributed by atoms with Crippen LogP contribution in [0.25, 0.3) is 0 Å². The molecule has 1 aromatic rings. The summed E-state index contributed by atoms with van der Waals surface area (Å²) in [6.07, 6.45) is 1.48. The standard InChI is InChI=1S/C14H22N2O6S2/c1-4-5-6-12(14(17)18)16-23(19,20)11-7-8-13(10(2)9-11)24(21,22)15-3/h7-9,12,15-16H,4-6H2,1-3H3,(H,17,18). The highest BCUT2D eigenvalue weighted by Crippen LogP contribution is 2.20. The second-order valence-corrected chi connectivity index (χ2v) is 8.86. The molecule has 1 rings (SSSR count). The van der Waals surface area contributed by atoms with Gasteiger partial charge in [0.1, 0.15) is 6.04 Å². The molecular weight excluding hydrogens is 356 g/mol. The normalized spacial score (nSPS) is 13.6. The molecule has 0 aliphatic rings. The van der Waals surface area contributed by atoms with Crippen molar-refractivity contribution in [3.8, 4) is 0 Å². The van der Waals surface area contributed by atoms with Gasteiger partial charge in [0.15, 0.2) is 0 Å². The van der Waals surface area contributed by atoms with Crippen LogP contribution in [0.15, 0.2) is 28.0 Å². The summed E-state index contributed by atoms with van der Waals surface area (Å²) in [5, 5.41) is 9.13. The fourth-order valence-corrected chi connectivity index (χ4v) is 4.36. The minimum Gasteiger partial charge on any atom is -0.480 e. The first-order valence-electron chi connectivity index (χ1n) is 7.34. The van der Waals surface area contributed by atoms with Gasteiger partial charge in [-0.05, 0) is 44.2 Å². The van der Waals surface area contributed by atoms with Crippen molar-refractivity contribution in [1.82, 2.24) is 9.44 Å². The van der Waals surface area contributed by atoms with E-state index >= 15 is 0 Å². The summed E-state index contributed by atoms with van der Waals surface area (Å²) in [7, 11) is -6.52. The van der Waals surface area contributed by atoms with Gasteiger partial charge in [-0.1, -0.05) is 19.8 Å². The lowest BCUT2D eigenvalue weighted by Gasteiger charge is -2.15. The van der Waals surface area contributed by atoms with Crippen molar-refractivity contribution in [3.63, 3.8) is 0 Å². The molecule has 0 saturated carbocycles. The van der Waals surface area contributed by atoms with Crippen LogP contribution in [-0.2, 0) is 24.8 Å². The van der Waals surface area contributed by atoms with E-state index in [1.54, 1.807) is 0 Å². The summed E-state index contributed by atoms with van der Waals surface area (Å²) in [6.45, 7) is 3.34. The molecule has 8 nitrogen and oxygen atoms in total. The molecule has 10 heteroatoms. The Morgan fingerprint density at radius 1 is 1.21 bits per heavy atom. The van der Waals surface area contributed by atoms with Crippen molar-refractivity contribution in [2.45, 2.75) is 48.9 Å². The first-order valence-corrected chi connectivity index (χ1v) is 10.3. The van der Waals surface area contributed by atoms with Gasteiger partial charge in [0.2, 0.25) is 20.0 Å². The van der Waals surface area contributed by atoms with Crippen LogP contribution in [0.2, 0.25) is 0 Å². The molecule has 0 fully saturated rings. The Kier molecular flexibility index (Phi) is 6.90. The summed E-state index contributed by atoms with van der Waals surface area (Å²) in [5.74, 6) is -1.25. The molecule has 0 aliphatic heterocycles. The molecule has 1 aromatic carbocycles. The minimum absolute atomic E-state index is 0.0373. The summed E-state index contributed by atoms with van der Waals surface area (Å²) in [4.78, 5) is 11.0. The molecule has 0 amide bonds. The van der Waals surface area contributed by atoms with Crippen LogP contribution in [0, 0.1) is 6.92 Å². The molecule has 0 bridgehead atoms. The molecule has 1 unspecified atom stereocenters. The SMILES string of the molecule is CCCCC(NS(=O)(=O)c1ccc(S(=O)(=O)NC)c(C)c1)C(=O)O. The number of carboxylic acids is 1. The van der Waals surface area contributed by atoms with Crippen molar-refractivity contribution in [3.05, 3.63) is 23.8 Å². The van der Waals surface area contributed by atoms with Crippen LogP contribution in [-0.4, -0.2) is 41.0 Å². The van der Waals surface area contributed by atoms with Gasteiger partial charge in [-0.3, -0.25) is 4.79 Å². The average Bonchev–Trinajstić information content (AvgIpc) is 2.50. The van der Waals surface area contributed by atoms with Crippen LogP contribution in [0.4, 0.5) is 0 Å². The van der Waals surface area contributed by atoms with E-state index in [4.69, 9.17) is 5.11 Å². The predicted octanol–water partition coefficient (Wildman–Crippen LogP) is 0.825. The van der Waals surface area contributed by atoms with Crippen molar-refractivity contribution >= 4 is 26.0 Å². The molecule has 136 valence electrons. The summed E-state index contributed by atoms with van der Waals surface area (Å²) < 4.78 is 52.6. The Balaban J connectivity index is 3.15. The van der Waals surface area contributed by atoms with E-state index in [2.05, 4.69) is 9.44 Å². The topological polar surface area (TPSA) is 130 Å². The smallest absolute Gasteiger partial charge is 0.321 e. The Morgan fingerprint density at radius 3 is 2.29 bits per heavy atom. The van der Waals surface area contributed by atoms with Crippen molar-refractivity contribution < 1.29 is 26.7 Å². The molecule has 24 heavy (non-hydrogen) atoms. The average molecular weight is 378 g/mol. The van der Waals surface area contributed by atoms with E-state index in [9.17, 15) is 21.6 Å². The van der Waals surface area contributed by atoms with Crippen LogP contribution < -0.4 is 9.44 Å². The molecule has 0 aromatic heterocycles. The Hall–Kier alpha value is -1.49. The number of aliphatic carboxylic acids is 1. The number of carboxylic acid groups (broad SMARTS) is 1. The van der Waals surface area contributed by atoms with Gasteiger partial charge in [-0.15, -0.1) is 0 Å². The lowest BCUT2D eigenvalue weighted by atomic mass is 10.1. The number of carbonyl (C=O) groups is 1. The predicted molar refractivity (Wildman–Crippen MR) is 88.7 cm³/mol. The van der Waals surface area contributed by atoms with Gasteiger partial charge >= 0.3 is 5.97 Å². The van der Waals surface area contributed by atoms with E-state index in [1.807, 2.05) is 6.92 Å². The quantitative estimate of drug-likeness (QED) is 0.583. The van der Waals surface area contributed by atoms with E-state index in [-0.39, 0.29) is 21.8 Å². The third-order valence-corrected chi connectivity index (χ3v) is 6.50. The molecule has 0 heterocycles. The second kappa shape index (κ2) is 8.06. The number of unbranched alkanes of at least 4 members (excludes halogenated alkanes) is 1. The zero-order valence-corrected chi connectivity index (χ0v) is 15.4. The highest BCUT2D eigenvalue weighted by atomic mass is 32.2. The van der Waals surface area contributed by atoms with Gasteiger partial charge in [-0.25, -0.2) is 21.6 Å². The lowest BCUT2D eigenvalue weighted by Crippen LogP contribution is -2.40. The maximum Gasteiger partial charge on any atom is 0.321 e. The largest absolute Gasteiger partial charge is 0.480 e. The number of hydrogen-bond acceptors (Lipinski definition) is 5. The Bertz CT molecular complexity index is 803. The van der Waals surface area contributed by atoms with Crippen molar-refractivity contribution in [1.29, 1.82) is 0 Å². The molecule has 1 atom stereocenters. The molecule has 0 spiro atoms. The van der Waals surface area contributed by atoms with E-state index < -0.39 is 32.1 Å². The van der Waals surface area contributed by atoms with Crippen LogP contribution >= 0.6 is 0 Å². The van der Waals surface area contributed by atoms with Gasteiger partial charge < -0.3 is 5.11 Å².